The molecule has 0 aliphatic rings. The minimum Gasteiger partial charge on any atom is -0.376 e. The molecule has 25 rings (SSSR count). The van der Waals surface area contributed by atoms with Crippen molar-refractivity contribution in [3.05, 3.63) is 302 Å². The first kappa shape index (κ1) is 89.3. The van der Waals surface area contributed by atoms with Gasteiger partial charge in [0.05, 0.1) is 123 Å². The van der Waals surface area contributed by atoms with E-state index in [4.69, 9.17) is 19.9 Å². The van der Waals surface area contributed by atoms with E-state index in [1.54, 1.807) is 101 Å². The number of pyridine rings is 8. The summed E-state index contributed by atoms with van der Waals surface area (Å²) in [4.78, 5) is 112. The molecule has 20 aromatic heterocycles. The SMILES string of the molecule is CC(C)(C)C(=O)Nc1cncc(-c2ccc3[nH]nc(-c4nc5c(-c6cccs6)cncc5[nH]4)c3c2)c1.CC(C)C(=O)Nc1cncc(-c2ccc3[nH]nc(-c4nc5c(-c6cccs6)cncc5[nH]4)c3c2)c1.CN(C)c1cncc(-c2ccc3[nH]nc(-c4nc5c(-c6cccs6)cncc5[nH]4)c3c2)c1.O=C(Cc1ccccc1)Nc1cncc(-c2ccc3[nH]nc(-c4nc5c(-c6cccs6)cncc5[nH]4)c3c2)c1. The Labute approximate surface area is 824 Å². The first-order chi connectivity index (χ1) is 69.3. The molecule has 0 aliphatic carbocycles. The monoisotopic (exact) mass is 1940 g/mol. The molecule has 0 aliphatic heterocycles. The third-order valence-corrected chi connectivity index (χ3v) is 27.5. The number of H-pyrrole nitrogens is 8. The number of aromatic nitrogens is 24. The highest BCUT2D eigenvalue weighted by atomic mass is 32.1. The minimum atomic E-state index is -0.494. The van der Waals surface area contributed by atoms with Crippen LogP contribution in [0.4, 0.5) is 22.7 Å². The van der Waals surface area contributed by atoms with Gasteiger partial charge in [-0.15, -0.1) is 45.3 Å². The molecule has 3 amide bonds. The van der Waals surface area contributed by atoms with Crippen LogP contribution in [0, 0.1) is 11.3 Å². The number of hydrogen-bond acceptors (Lipinski definition) is 24. The summed E-state index contributed by atoms with van der Waals surface area (Å²) in [6.45, 7) is 9.36. The number of hydrogen-bond donors (Lipinski definition) is 11. The molecule has 35 heteroatoms. The average Bonchev–Trinajstić information content (AvgIpc) is 1.64. The molecular weight excluding hydrogens is 1850 g/mol. The number of benzene rings is 5. The Morgan fingerprint density at radius 3 is 0.965 bits per heavy atom. The minimum absolute atomic E-state index is 0.0437. The Kier molecular flexibility index (Phi) is 24.0. The van der Waals surface area contributed by atoms with Crippen molar-refractivity contribution in [3.8, 4) is 132 Å². The van der Waals surface area contributed by atoms with Gasteiger partial charge in [0.1, 0.15) is 44.8 Å². The number of carbonyl (C=O) groups is 3. The molecule has 694 valence electrons. The third-order valence-electron chi connectivity index (χ3n) is 23.9. The maximum atomic E-state index is 12.6. The van der Waals surface area contributed by atoms with Gasteiger partial charge in [0, 0.05) is 161 Å². The smallest absolute Gasteiger partial charge is 0.229 e. The lowest BCUT2D eigenvalue weighted by molar-refractivity contribution is -0.123. The van der Waals surface area contributed by atoms with E-state index in [9.17, 15) is 14.4 Å². The molecule has 0 atom stereocenters. The zero-order valence-electron chi connectivity index (χ0n) is 77.0. The molecule has 0 bridgehead atoms. The summed E-state index contributed by atoms with van der Waals surface area (Å²) in [6.07, 6.45) is 28.9. The number of rotatable bonds is 19. The van der Waals surface area contributed by atoms with Gasteiger partial charge in [0.2, 0.25) is 17.7 Å². The van der Waals surface area contributed by atoms with Crippen molar-refractivity contribution in [1.29, 1.82) is 0 Å². The molecule has 11 N–H and O–H groups in total. The zero-order valence-corrected chi connectivity index (χ0v) is 80.3. The van der Waals surface area contributed by atoms with Crippen molar-refractivity contribution in [2.24, 2.45) is 11.3 Å². The number of thiophene rings is 4. The Bertz CT molecular complexity index is 8970. The van der Waals surface area contributed by atoms with Gasteiger partial charge < -0.3 is 40.8 Å². The number of anilines is 4. The lowest BCUT2D eigenvalue weighted by Crippen LogP contribution is -2.27. The summed E-state index contributed by atoms with van der Waals surface area (Å²) in [7, 11) is 4.03. The van der Waals surface area contributed by atoms with E-state index >= 15 is 0 Å². The molecule has 0 spiro atoms. The van der Waals surface area contributed by atoms with Crippen LogP contribution in [0.5, 0.6) is 0 Å². The second-order valence-electron chi connectivity index (χ2n) is 35.2. The number of nitrogens with zero attached hydrogens (tertiary/aromatic N) is 17. The number of nitrogens with one attached hydrogen (secondary N) is 11. The lowest BCUT2D eigenvalue weighted by Gasteiger charge is -2.17. The van der Waals surface area contributed by atoms with Crippen LogP contribution in [0.3, 0.4) is 0 Å². The van der Waals surface area contributed by atoms with Crippen LogP contribution in [0.1, 0.15) is 40.2 Å². The number of fused-ring (bicyclic) bond motifs is 8. The van der Waals surface area contributed by atoms with Crippen LogP contribution in [0.15, 0.2) is 297 Å². The molecule has 31 nitrogen and oxygen atoms in total. The highest BCUT2D eigenvalue weighted by molar-refractivity contribution is 7.14. The molecule has 0 saturated heterocycles. The average molecular weight is 1940 g/mol. The summed E-state index contributed by atoms with van der Waals surface area (Å²) in [5, 5.41) is 51.5. The maximum Gasteiger partial charge on any atom is 0.229 e. The van der Waals surface area contributed by atoms with Crippen LogP contribution in [-0.4, -0.2) is 152 Å². The summed E-state index contributed by atoms with van der Waals surface area (Å²) in [6, 6.07) is 58.4. The summed E-state index contributed by atoms with van der Waals surface area (Å²) >= 11 is 6.65. The van der Waals surface area contributed by atoms with E-state index in [1.165, 1.54) is 0 Å². The molecule has 0 unspecified atom stereocenters. The standard InChI is InChI=1S/C30H21N7OS.C27H23N7OS.C26H21N7OS.C24H19N7S/c38-27(11-18-5-2-1-3-6-18)33-21-12-20(14-31-15-21)19-8-9-24-22(13-19)29(37-36-24)30-34-25-17-32-16-23(28(25)35-30)26-7-4-10-39-26;1-27(2,3)26(35)30-17-9-16(11-28-12-17)15-6-7-20-18(10-15)24(34-33-20)25-31-21-14-29-13-19(23(21)32-25)22-5-4-8-36-22;1-14(2)26(34)29-17-8-16(10-27-11-17)15-5-6-20-18(9-15)24(33-32-20)25-30-21-13-28-12-19(23(21)31-25)22-4-3-7-35-22;1-31(2)16-8-15(10-25-11-16)14-5-6-19-17(9-14)23(30-29-19)24-27-20-13-26-12-18(22(20)28-24)21-4-3-7-32-21/h1-10,12-17H,11H2,(H,33,38)(H,34,35)(H,36,37);4-14H,1-3H3,(H,30,35)(H,31,32)(H,33,34);3-14H,1-2H3,(H,29,34)(H,30,31)(H,32,33);3-13H,1-2H3,(H,27,28)(H,29,30). The Morgan fingerprint density at radius 1 is 0.331 bits per heavy atom. The van der Waals surface area contributed by atoms with Gasteiger partial charge in [0.25, 0.3) is 0 Å². The largest absolute Gasteiger partial charge is 0.376 e. The summed E-state index contributed by atoms with van der Waals surface area (Å²) in [5.41, 5.74) is 28.7. The third kappa shape index (κ3) is 18.4. The molecule has 5 aromatic carbocycles. The van der Waals surface area contributed by atoms with E-state index < -0.39 is 5.41 Å². The van der Waals surface area contributed by atoms with Crippen molar-refractivity contribution in [3.63, 3.8) is 0 Å². The van der Waals surface area contributed by atoms with Crippen molar-refractivity contribution in [1.82, 2.24) is 121 Å². The molecule has 142 heavy (non-hydrogen) atoms. The number of aromatic amines is 8. The first-order valence-electron chi connectivity index (χ1n) is 45.2. The fourth-order valence-electron chi connectivity index (χ4n) is 16.5. The normalized spacial score (nSPS) is 11.5. The van der Waals surface area contributed by atoms with Gasteiger partial charge in [-0.05, 0) is 146 Å². The summed E-state index contributed by atoms with van der Waals surface area (Å²) < 4.78 is 0. The predicted octanol–water partition coefficient (Wildman–Crippen LogP) is 24.0. The molecule has 0 fully saturated rings. The van der Waals surface area contributed by atoms with Crippen LogP contribution in [0.25, 0.3) is 220 Å². The fourth-order valence-corrected chi connectivity index (χ4v) is 19.5. The Hall–Kier alpha value is -17.9. The summed E-state index contributed by atoms with van der Waals surface area (Å²) in [5.74, 6) is 2.42. The van der Waals surface area contributed by atoms with E-state index in [2.05, 4.69) is 183 Å². The highest BCUT2D eigenvalue weighted by Gasteiger charge is 2.26. The maximum absolute atomic E-state index is 12.6. The first-order valence-corrected chi connectivity index (χ1v) is 48.7. The lowest BCUT2D eigenvalue weighted by atomic mass is 9.95. The van der Waals surface area contributed by atoms with Gasteiger partial charge in [-0.1, -0.05) is 113 Å². The van der Waals surface area contributed by atoms with E-state index in [0.717, 1.165) is 214 Å². The predicted molar refractivity (Wildman–Crippen MR) is 567 cm³/mol. The van der Waals surface area contributed by atoms with Crippen LogP contribution < -0.4 is 20.9 Å². The quantitative estimate of drug-likeness (QED) is 0.0358. The van der Waals surface area contributed by atoms with Crippen molar-refractivity contribution < 1.29 is 14.4 Å². The van der Waals surface area contributed by atoms with Gasteiger partial charge >= 0.3 is 0 Å². The van der Waals surface area contributed by atoms with Gasteiger partial charge in [0.15, 0.2) is 23.3 Å². The second-order valence-corrected chi connectivity index (χ2v) is 39.0. The topological polar surface area (TPSA) is 423 Å². The Balaban J connectivity index is 0.000000109. The van der Waals surface area contributed by atoms with E-state index in [-0.39, 0.29) is 23.6 Å². The van der Waals surface area contributed by atoms with Crippen LogP contribution in [-0.2, 0) is 20.8 Å². The molecule has 0 radical (unpaired) electrons. The van der Waals surface area contributed by atoms with Gasteiger partial charge in [-0.3, -0.25) is 74.7 Å². The van der Waals surface area contributed by atoms with Crippen molar-refractivity contribution in [2.75, 3.05) is 34.9 Å². The molecule has 25 aromatic rings. The number of carbonyl (C=O) groups excluding carboxylic acids is 3. The van der Waals surface area contributed by atoms with E-state index in [1.807, 2.05) is 228 Å². The van der Waals surface area contributed by atoms with Gasteiger partial charge in [-0.25, -0.2) is 19.9 Å². The second kappa shape index (κ2) is 38.2. The number of imidazole rings is 4. The van der Waals surface area contributed by atoms with Crippen LogP contribution in [0.2, 0.25) is 0 Å². The number of amides is 3. The fraction of sp³-hybridized carbons (Fsp3) is 0.0935. The zero-order chi connectivity index (χ0) is 96.6. The van der Waals surface area contributed by atoms with Crippen LogP contribution >= 0.6 is 45.3 Å². The van der Waals surface area contributed by atoms with Gasteiger partial charge in [-0.2, -0.15) is 20.4 Å². The molecule has 0 saturated carbocycles. The Morgan fingerprint density at radius 2 is 0.648 bits per heavy atom. The highest BCUT2D eigenvalue weighted by Crippen LogP contribution is 2.42. The molecule has 20 heterocycles. The molecular formula is C107H84N28O3S4. The van der Waals surface area contributed by atoms with Crippen molar-refractivity contribution >= 4 is 174 Å². The van der Waals surface area contributed by atoms with E-state index in [0.29, 0.717) is 41.0 Å². The van der Waals surface area contributed by atoms with Crippen molar-refractivity contribution in [2.45, 2.75) is 41.0 Å².